The zero-order chi connectivity index (χ0) is 15.2. The van der Waals surface area contributed by atoms with Crippen LogP contribution < -0.4 is 10.1 Å². The van der Waals surface area contributed by atoms with Gasteiger partial charge in [0.15, 0.2) is 0 Å². The summed E-state index contributed by atoms with van der Waals surface area (Å²) in [6.07, 6.45) is 3.63. The van der Waals surface area contributed by atoms with Crippen molar-refractivity contribution in [3.8, 4) is 5.75 Å². The largest absolute Gasteiger partial charge is 0.496 e. The summed E-state index contributed by atoms with van der Waals surface area (Å²) in [5.41, 5.74) is 2.28. The van der Waals surface area contributed by atoms with Gasteiger partial charge in [-0.2, -0.15) is 0 Å². The van der Waals surface area contributed by atoms with Crippen molar-refractivity contribution in [1.82, 2.24) is 5.32 Å². The Morgan fingerprint density at radius 3 is 2.76 bits per heavy atom. The minimum atomic E-state index is 0.191. The second-order valence-electron chi connectivity index (χ2n) is 5.10. The SMILES string of the molecule is CCCNC(Cc1cc(Cl)ccc1OC)c1ccoc1C. The molecule has 1 unspecified atom stereocenters. The molecule has 0 aliphatic carbocycles. The predicted octanol–water partition coefficient (Wildman–Crippen LogP) is 4.53. The highest BCUT2D eigenvalue weighted by Gasteiger charge is 2.18. The number of aryl methyl sites for hydroxylation is 1. The van der Waals surface area contributed by atoms with Crippen LogP contribution in [0.1, 0.15) is 36.3 Å². The summed E-state index contributed by atoms with van der Waals surface area (Å²) in [5, 5.41) is 4.30. The second-order valence-corrected chi connectivity index (χ2v) is 5.54. The monoisotopic (exact) mass is 307 g/mol. The van der Waals surface area contributed by atoms with E-state index in [0.717, 1.165) is 41.5 Å². The molecule has 1 heterocycles. The van der Waals surface area contributed by atoms with E-state index in [0.29, 0.717) is 0 Å². The van der Waals surface area contributed by atoms with Crippen molar-refractivity contribution in [3.05, 3.63) is 52.4 Å². The number of benzene rings is 1. The molecule has 1 N–H and O–H groups in total. The van der Waals surface area contributed by atoms with E-state index in [1.807, 2.05) is 31.2 Å². The van der Waals surface area contributed by atoms with Crippen molar-refractivity contribution in [2.75, 3.05) is 13.7 Å². The Morgan fingerprint density at radius 1 is 1.33 bits per heavy atom. The average molecular weight is 308 g/mol. The summed E-state index contributed by atoms with van der Waals surface area (Å²) < 4.78 is 10.9. The molecule has 2 rings (SSSR count). The molecular formula is C17H22ClNO2. The lowest BCUT2D eigenvalue weighted by molar-refractivity contribution is 0.404. The van der Waals surface area contributed by atoms with E-state index >= 15 is 0 Å². The molecule has 0 radical (unpaired) electrons. The van der Waals surface area contributed by atoms with Gasteiger partial charge in [-0.25, -0.2) is 0 Å². The van der Waals surface area contributed by atoms with Gasteiger partial charge in [0.2, 0.25) is 0 Å². The lowest BCUT2D eigenvalue weighted by Gasteiger charge is -2.20. The van der Waals surface area contributed by atoms with E-state index in [1.54, 1.807) is 13.4 Å². The number of nitrogens with one attached hydrogen (secondary N) is 1. The first-order valence-corrected chi connectivity index (χ1v) is 7.63. The second kappa shape index (κ2) is 7.53. The van der Waals surface area contributed by atoms with Gasteiger partial charge < -0.3 is 14.5 Å². The first-order valence-electron chi connectivity index (χ1n) is 7.25. The fraction of sp³-hybridized carbons (Fsp3) is 0.412. The number of halogens is 1. The molecule has 1 aromatic carbocycles. The molecular weight excluding hydrogens is 286 g/mol. The number of rotatable bonds is 7. The Balaban J connectivity index is 2.26. The summed E-state index contributed by atoms with van der Waals surface area (Å²) in [6.45, 7) is 5.11. The van der Waals surface area contributed by atoms with Crippen LogP contribution in [0.25, 0.3) is 0 Å². The molecule has 0 bridgehead atoms. The number of hydrogen-bond donors (Lipinski definition) is 1. The number of ether oxygens (including phenoxy) is 1. The minimum absolute atomic E-state index is 0.191. The number of furan rings is 1. The standard InChI is InChI=1S/C17H22ClNO2/c1-4-8-19-16(15-7-9-21-12(15)2)11-13-10-14(18)5-6-17(13)20-3/h5-7,9-10,16,19H,4,8,11H2,1-3H3. The van der Waals surface area contributed by atoms with Crippen LogP contribution in [0.2, 0.25) is 5.02 Å². The lowest BCUT2D eigenvalue weighted by Crippen LogP contribution is -2.24. The van der Waals surface area contributed by atoms with E-state index < -0.39 is 0 Å². The van der Waals surface area contributed by atoms with Crippen LogP contribution in [0.4, 0.5) is 0 Å². The Labute approximate surface area is 131 Å². The molecule has 0 fully saturated rings. The molecule has 114 valence electrons. The Hall–Kier alpha value is -1.45. The van der Waals surface area contributed by atoms with E-state index in [-0.39, 0.29) is 6.04 Å². The van der Waals surface area contributed by atoms with Crippen molar-refractivity contribution in [2.24, 2.45) is 0 Å². The highest BCUT2D eigenvalue weighted by molar-refractivity contribution is 6.30. The Kier molecular flexibility index (Phi) is 5.71. The fourth-order valence-electron chi connectivity index (χ4n) is 2.49. The number of hydrogen-bond acceptors (Lipinski definition) is 3. The smallest absolute Gasteiger partial charge is 0.122 e. The zero-order valence-corrected chi connectivity index (χ0v) is 13.5. The van der Waals surface area contributed by atoms with E-state index in [1.165, 1.54) is 5.56 Å². The Bertz CT molecular complexity index is 580. The summed E-state index contributed by atoms with van der Waals surface area (Å²) in [7, 11) is 1.68. The van der Waals surface area contributed by atoms with Crippen molar-refractivity contribution in [1.29, 1.82) is 0 Å². The molecule has 0 aliphatic rings. The van der Waals surface area contributed by atoms with Crippen LogP contribution in [0.15, 0.2) is 34.9 Å². The first kappa shape index (κ1) is 15.9. The lowest BCUT2D eigenvalue weighted by atomic mass is 9.98. The van der Waals surface area contributed by atoms with Gasteiger partial charge in [0.25, 0.3) is 0 Å². The quantitative estimate of drug-likeness (QED) is 0.816. The van der Waals surface area contributed by atoms with Crippen LogP contribution in [-0.4, -0.2) is 13.7 Å². The number of methoxy groups -OCH3 is 1. The van der Waals surface area contributed by atoms with E-state index in [2.05, 4.69) is 12.2 Å². The molecule has 2 aromatic rings. The van der Waals surface area contributed by atoms with Crippen LogP contribution >= 0.6 is 11.6 Å². The third-order valence-corrected chi connectivity index (χ3v) is 3.82. The molecule has 0 amide bonds. The third-order valence-electron chi connectivity index (χ3n) is 3.58. The van der Waals surface area contributed by atoms with Gasteiger partial charge >= 0.3 is 0 Å². The summed E-state index contributed by atoms with van der Waals surface area (Å²) in [4.78, 5) is 0. The molecule has 1 aromatic heterocycles. The molecule has 0 saturated carbocycles. The van der Waals surface area contributed by atoms with E-state index in [9.17, 15) is 0 Å². The van der Waals surface area contributed by atoms with Gasteiger partial charge in [0.1, 0.15) is 11.5 Å². The Morgan fingerprint density at radius 2 is 2.14 bits per heavy atom. The van der Waals surface area contributed by atoms with Crippen molar-refractivity contribution in [2.45, 2.75) is 32.7 Å². The molecule has 0 spiro atoms. The summed E-state index contributed by atoms with van der Waals surface area (Å²) in [5.74, 6) is 1.81. The van der Waals surface area contributed by atoms with E-state index in [4.69, 9.17) is 20.8 Å². The normalized spacial score (nSPS) is 12.4. The highest BCUT2D eigenvalue weighted by Crippen LogP contribution is 2.29. The average Bonchev–Trinajstić information content (AvgIpc) is 2.90. The highest BCUT2D eigenvalue weighted by atomic mass is 35.5. The van der Waals surface area contributed by atoms with Crippen LogP contribution in [0.5, 0.6) is 5.75 Å². The molecule has 1 atom stereocenters. The van der Waals surface area contributed by atoms with Crippen LogP contribution in [0.3, 0.4) is 0 Å². The van der Waals surface area contributed by atoms with Gasteiger partial charge in [-0.1, -0.05) is 18.5 Å². The molecule has 3 nitrogen and oxygen atoms in total. The van der Waals surface area contributed by atoms with Gasteiger partial charge in [-0.3, -0.25) is 0 Å². The van der Waals surface area contributed by atoms with Gasteiger partial charge in [-0.05, 0) is 56.1 Å². The van der Waals surface area contributed by atoms with Crippen molar-refractivity contribution in [3.63, 3.8) is 0 Å². The van der Waals surface area contributed by atoms with Gasteiger partial charge in [-0.15, -0.1) is 0 Å². The topological polar surface area (TPSA) is 34.4 Å². The predicted molar refractivity (Wildman–Crippen MR) is 86.2 cm³/mol. The molecule has 21 heavy (non-hydrogen) atoms. The third kappa shape index (κ3) is 4.02. The molecule has 4 heteroatoms. The molecule has 0 saturated heterocycles. The van der Waals surface area contributed by atoms with Crippen molar-refractivity contribution < 1.29 is 9.15 Å². The van der Waals surface area contributed by atoms with Gasteiger partial charge in [0, 0.05) is 16.6 Å². The fourth-order valence-corrected chi connectivity index (χ4v) is 2.69. The first-order chi connectivity index (χ1) is 10.2. The van der Waals surface area contributed by atoms with Crippen LogP contribution in [-0.2, 0) is 6.42 Å². The summed E-state index contributed by atoms with van der Waals surface area (Å²) >= 11 is 6.12. The van der Waals surface area contributed by atoms with Gasteiger partial charge in [0.05, 0.1) is 13.4 Å². The van der Waals surface area contributed by atoms with Crippen molar-refractivity contribution >= 4 is 11.6 Å². The zero-order valence-electron chi connectivity index (χ0n) is 12.8. The maximum Gasteiger partial charge on any atom is 0.122 e. The maximum absolute atomic E-state index is 6.12. The maximum atomic E-state index is 6.12. The van der Waals surface area contributed by atoms with Crippen LogP contribution in [0, 0.1) is 6.92 Å². The molecule has 0 aliphatic heterocycles. The minimum Gasteiger partial charge on any atom is -0.496 e. The summed E-state index contributed by atoms with van der Waals surface area (Å²) in [6, 6.07) is 7.95.